The highest BCUT2D eigenvalue weighted by atomic mass is 35.5. The van der Waals surface area contributed by atoms with E-state index in [2.05, 4.69) is 16.0 Å². The molecule has 4 rings (SSSR count). The van der Waals surface area contributed by atoms with Crippen LogP contribution in [0.5, 0.6) is 0 Å². The Hall–Kier alpha value is -3.74. The van der Waals surface area contributed by atoms with Crippen molar-refractivity contribution in [2.45, 2.75) is 51.8 Å². The number of aryl methyl sites for hydroxylation is 3. The summed E-state index contributed by atoms with van der Waals surface area (Å²) in [6.45, 7) is 5.01. The molecule has 44 heavy (non-hydrogen) atoms. The number of ether oxygens (including phenoxy) is 4. The van der Waals surface area contributed by atoms with Crippen LogP contribution in [-0.4, -0.2) is 54.6 Å². The van der Waals surface area contributed by atoms with Crippen molar-refractivity contribution in [2.24, 2.45) is 0 Å². The largest absolute Gasteiger partial charge is 0.447 e. The van der Waals surface area contributed by atoms with E-state index in [1.165, 1.54) is 0 Å². The number of hydrogen-bond acceptors (Lipinski definition) is 8. The van der Waals surface area contributed by atoms with Crippen molar-refractivity contribution < 1.29 is 38.4 Å². The van der Waals surface area contributed by atoms with Crippen LogP contribution in [0.25, 0.3) is 0 Å². The number of hydrogen-bond donors (Lipinski definition) is 4. The molecule has 0 spiro atoms. The summed E-state index contributed by atoms with van der Waals surface area (Å²) in [5, 5.41) is 20.1. The maximum Gasteiger partial charge on any atom is 0.412 e. The van der Waals surface area contributed by atoms with E-state index in [1.807, 2.05) is 0 Å². The van der Waals surface area contributed by atoms with Gasteiger partial charge in [-0.1, -0.05) is 34.8 Å². The lowest BCUT2D eigenvalue weighted by molar-refractivity contribution is -0.248. The molecule has 1 heterocycles. The molecule has 1 fully saturated rings. The Bertz CT molecular complexity index is 1540. The molecule has 11 nitrogen and oxygen atoms in total. The normalized spacial score (nSPS) is 19.4. The van der Waals surface area contributed by atoms with Crippen LogP contribution in [0.4, 0.5) is 31.4 Å². The number of aliphatic hydroxyl groups excluding tert-OH is 1. The summed E-state index contributed by atoms with van der Waals surface area (Å²) < 4.78 is 21.9. The zero-order valence-electron chi connectivity index (χ0n) is 23.9. The van der Waals surface area contributed by atoms with Crippen molar-refractivity contribution in [1.29, 1.82) is 0 Å². The number of halogens is 3. The molecule has 4 atom stereocenters. The van der Waals surface area contributed by atoms with Gasteiger partial charge in [-0.05, 0) is 92.1 Å². The molecule has 0 radical (unpaired) electrons. The fourth-order valence-corrected chi connectivity index (χ4v) is 4.66. The first-order valence-corrected chi connectivity index (χ1v) is 14.5. The van der Waals surface area contributed by atoms with Crippen molar-refractivity contribution in [3.05, 3.63) is 86.4 Å². The van der Waals surface area contributed by atoms with Crippen molar-refractivity contribution in [3.8, 4) is 0 Å². The second-order valence-electron chi connectivity index (χ2n) is 10.1. The summed E-state index contributed by atoms with van der Waals surface area (Å²) in [5.41, 5.74) is 3.48. The van der Waals surface area contributed by atoms with Gasteiger partial charge < -0.3 is 24.1 Å². The molecule has 0 aromatic heterocycles. The third-order valence-electron chi connectivity index (χ3n) is 6.59. The minimum absolute atomic E-state index is 0.0878. The van der Waals surface area contributed by atoms with Crippen molar-refractivity contribution in [1.82, 2.24) is 0 Å². The van der Waals surface area contributed by atoms with Crippen molar-refractivity contribution >= 4 is 70.1 Å². The Labute approximate surface area is 268 Å². The van der Waals surface area contributed by atoms with E-state index < -0.39 is 42.9 Å². The van der Waals surface area contributed by atoms with E-state index in [0.717, 1.165) is 16.7 Å². The Morgan fingerprint density at radius 1 is 0.750 bits per heavy atom. The minimum Gasteiger partial charge on any atom is -0.447 e. The molecule has 1 saturated heterocycles. The second-order valence-corrected chi connectivity index (χ2v) is 11.3. The summed E-state index contributed by atoms with van der Waals surface area (Å²) in [6.07, 6.45) is -7.96. The average molecular weight is 667 g/mol. The van der Waals surface area contributed by atoms with Gasteiger partial charge in [0, 0.05) is 38.6 Å². The van der Waals surface area contributed by atoms with Gasteiger partial charge in [0.2, 0.25) is 0 Å². The van der Waals surface area contributed by atoms with E-state index >= 15 is 0 Å². The van der Waals surface area contributed by atoms with Gasteiger partial charge in [-0.3, -0.25) is 16.0 Å². The maximum absolute atomic E-state index is 12.8. The second kappa shape index (κ2) is 14.8. The highest BCUT2D eigenvalue weighted by Gasteiger charge is 2.43. The highest BCUT2D eigenvalue weighted by molar-refractivity contribution is 6.32. The van der Waals surface area contributed by atoms with E-state index in [0.29, 0.717) is 32.1 Å². The van der Waals surface area contributed by atoms with Crippen LogP contribution in [0.1, 0.15) is 23.1 Å². The lowest BCUT2D eigenvalue weighted by Crippen LogP contribution is -2.53. The summed E-state index contributed by atoms with van der Waals surface area (Å²) in [7, 11) is 0. The standard InChI is InChI=1S/C30H30Cl3N3O8/c1-15-10-18(4-7-22(15)31)34-28(38)41-14-21-13-25(43-29(39)35-19-5-8-23(32)16(2)11-19)26(27(37)42-21)44-30(40)36-20-6-9-24(33)17(3)12-20/h4-12,21,25-27,37H,13-14H2,1-3H3,(H,34,38)(H,35,39)(H,36,40)/t21-,25+,26+,27+/m0/s1. The van der Waals surface area contributed by atoms with Gasteiger partial charge in [0.1, 0.15) is 12.7 Å². The molecule has 3 aromatic rings. The van der Waals surface area contributed by atoms with Gasteiger partial charge in [-0.2, -0.15) is 0 Å². The SMILES string of the molecule is Cc1cc(NC(=O)OC[C@@H]2C[C@@H](OC(=O)Nc3ccc(Cl)c(C)c3)[C@@H](OC(=O)Nc3ccc(Cl)c(C)c3)[C@H](O)O2)ccc1Cl. The van der Waals surface area contributed by atoms with Gasteiger partial charge in [0.15, 0.2) is 12.4 Å². The van der Waals surface area contributed by atoms with Crippen LogP contribution >= 0.6 is 34.8 Å². The number of aliphatic hydroxyl groups is 1. The number of nitrogens with one attached hydrogen (secondary N) is 3. The molecule has 3 amide bonds. The molecule has 3 aromatic carbocycles. The lowest BCUT2D eigenvalue weighted by Gasteiger charge is -2.38. The first-order chi connectivity index (χ1) is 20.9. The number of anilines is 3. The predicted octanol–water partition coefficient (Wildman–Crippen LogP) is 7.46. The highest BCUT2D eigenvalue weighted by Crippen LogP contribution is 2.27. The van der Waals surface area contributed by atoms with Gasteiger partial charge in [-0.25, -0.2) is 14.4 Å². The molecule has 1 aliphatic rings. The van der Waals surface area contributed by atoms with Crippen LogP contribution < -0.4 is 16.0 Å². The Balaban J connectivity index is 1.42. The molecule has 1 aliphatic heterocycles. The molecule has 234 valence electrons. The average Bonchev–Trinajstić information content (AvgIpc) is 2.95. The summed E-state index contributed by atoms with van der Waals surface area (Å²) in [5.74, 6) is 0. The van der Waals surface area contributed by atoms with Crippen molar-refractivity contribution in [2.75, 3.05) is 22.6 Å². The van der Waals surface area contributed by atoms with E-state index in [-0.39, 0.29) is 13.0 Å². The van der Waals surface area contributed by atoms with E-state index in [9.17, 15) is 19.5 Å². The third kappa shape index (κ3) is 9.13. The van der Waals surface area contributed by atoms with Crippen LogP contribution in [0.3, 0.4) is 0 Å². The minimum atomic E-state index is -1.73. The molecule has 14 heteroatoms. The first kappa shape index (κ1) is 33.2. The number of rotatable bonds is 7. The molecular weight excluding hydrogens is 637 g/mol. The quantitative estimate of drug-likeness (QED) is 0.190. The van der Waals surface area contributed by atoms with Gasteiger partial charge >= 0.3 is 18.3 Å². The zero-order valence-corrected chi connectivity index (χ0v) is 26.1. The predicted molar refractivity (Wildman–Crippen MR) is 167 cm³/mol. The van der Waals surface area contributed by atoms with Crippen LogP contribution in [0, 0.1) is 20.8 Å². The van der Waals surface area contributed by atoms with Gasteiger partial charge in [0.05, 0.1) is 6.10 Å². The third-order valence-corrected chi connectivity index (χ3v) is 7.86. The van der Waals surface area contributed by atoms with Crippen LogP contribution in [-0.2, 0) is 18.9 Å². The summed E-state index contributed by atoms with van der Waals surface area (Å²) >= 11 is 18.1. The Kier molecular flexibility index (Phi) is 11.2. The topological polar surface area (TPSA) is 144 Å². The van der Waals surface area contributed by atoms with E-state index in [1.54, 1.807) is 75.4 Å². The van der Waals surface area contributed by atoms with E-state index in [4.69, 9.17) is 53.8 Å². The Morgan fingerprint density at radius 2 is 1.18 bits per heavy atom. The molecule has 0 saturated carbocycles. The molecule has 0 unspecified atom stereocenters. The number of benzene rings is 3. The zero-order chi connectivity index (χ0) is 32.0. The maximum atomic E-state index is 12.8. The van der Waals surface area contributed by atoms with Gasteiger partial charge in [0.25, 0.3) is 0 Å². The van der Waals surface area contributed by atoms with Crippen molar-refractivity contribution in [3.63, 3.8) is 0 Å². The summed E-state index contributed by atoms with van der Waals surface area (Å²) in [4.78, 5) is 38.0. The molecule has 0 aliphatic carbocycles. The first-order valence-electron chi connectivity index (χ1n) is 13.4. The van der Waals surface area contributed by atoms with Gasteiger partial charge in [-0.15, -0.1) is 0 Å². The smallest absolute Gasteiger partial charge is 0.412 e. The number of amides is 3. The monoisotopic (exact) mass is 665 g/mol. The summed E-state index contributed by atoms with van der Waals surface area (Å²) in [6, 6.07) is 14.6. The Morgan fingerprint density at radius 3 is 1.64 bits per heavy atom. The molecular formula is C30H30Cl3N3O8. The fraction of sp³-hybridized carbons (Fsp3) is 0.300. The molecule has 0 bridgehead atoms. The van der Waals surface area contributed by atoms with Crippen LogP contribution in [0.15, 0.2) is 54.6 Å². The molecule has 4 N–H and O–H groups in total. The fourth-order valence-electron chi connectivity index (χ4n) is 4.31. The lowest BCUT2D eigenvalue weighted by atomic mass is 10.0. The number of carbonyl (C=O) groups excluding carboxylic acids is 3. The van der Waals surface area contributed by atoms with Crippen LogP contribution in [0.2, 0.25) is 15.1 Å². The number of carbonyl (C=O) groups is 3.